The van der Waals surface area contributed by atoms with Crippen LogP contribution in [-0.4, -0.2) is 11.4 Å². The minimum absolute atomic E-state index is 0.0337. The highest BCUT2D eigenvalue weighted by atomic mass is 17.1. The van der Waals surface area contributed by atoms with E-state index in [1.54, 1.807) is 5.57 Å². The van der Waals surface area contributed by atoms with Crippen LogP contribution >= 0.6 is 0 Å². The fraction of sp³-hybridized carbons (Fsp3) is 0.923. The summed E-state index contributed by atoms with van der Waals surface area (Å²) in [5, 5.41) is 9.18. The highest BCUT2D eigenvalue weighted by Crippen LogP contribution is 2.66. The van der Waals surface area contributed by atoms with Crippen LogP contribution in [0.2, 0.25) is 0 Å². The van der Waals surface area contributed by atoms with Crippen molar-refractivity contribution in [1.82, 2.24) is 0 Å². The van der Waals surface area contributed by atoms with Crippen molar-refractivity contribution < 1.29 is 10.1 Å². The molecular weight excluding hydrogens is 344 g/mol. The summed E-state index contributed by atoms with van der Waals surface area (Å²) in [6.07, 6.45) is 18.7. The summed E-state index contributed by atoms with van der Waals surface area (Å²) in [7, 11) is 0. The monoisotopic (exact) mass is 388 g/mol. The molecule has 0 bridgehead atoms. The van der Waals surface area contributed by atoms with Gasteiger partial charge in [-0.1, -0.05) is 58.6 Å². The van der Waals surface area contributed by atoms with Crippen LogP contribution in [0, 0.1) is 40.4 Å². The minimum atomic E-state index is 0.0337. The van der Waals surface area contributed by atoms with Crippen molar-refractivity contribution in [3.05, 3.63) is 11.6 Å². The molecule has 0 spiro atoms. The molecule has 1 N–H and O–H groups in total. The standard InChI is InChI=1S/C26H44O2/c1-18(2)7-5-6-8-19-10-12-23-22-11-9-20-17-21(28-27)13-15-26(20,4)24(22)14-16-25(19,23)3/h9,18-19,21-24,27H,5-8,10-17H2,1-4H3. The van der Waals surface area contributed by atoms with Gasteiger partial charge in [-0.25, -0.2) is 4.89 Å². The van der Waals surface area contributed by atoms with Gasteiger partial charge < -0.3 is 0 Å². The number of hydrogen-bond acceptors (Lipinski definition) is 2. The molecule has 28 heavy (non-hydrogen) atoms. The average molecular weight is 389 g/mol. The molecule has 0 heterocycles. The second-order valence-electron chi connectivity index (χ2n) is 11.7. The van der Waals surface area contributed by atoms with Crippen LogP contribution in [0.4, 0.5) is 0 Å². The lowest BCUT2D eigenvalue weighted by molar-refractivity contribution is -0.284. The first-order valence-electron chi connectivity index (χ1n) is 12.4. The molecule has 0 aromatic carbocycles. The van der Waals surface area contributed by atoms with Crippen LogP contribution < -0.4 is 0 Å². The quantitative estimate of drug-likeness (QED) is 0.219. The highest BCUT2D eigenvalue weighted by Gasteiger charge is 2.58. The maximum absolute atomic E-state index is 9.18. The Morgan fingerprint density at radius 3 is 2.64 bits per heavy atom. The summed E-state index contributed by atoms with van der Waals surface area (Å²) >= 11 is 0. The number of allylic oxidation sites excluding steroid dienone is 1. The summed E-state index contributed by atoms with van der Waals surface area (Å²) < 4.78 is 0. The number of fused-ring (bicyclic) bond motifs is 5. The molecule has 3 fully saturated rings. The Balaban J connectivity index is 1.45. The average Bonchev–Trinajstić information content (AvgIpc) is 3.01. The van der Waals surface area contributed by atoms with E-state index in [9.17, 15) is 5.26 Å². The molecule has 2 heteroatoms. The first kappa shape index (κ1) is 20.9. The fourth-order valence-corrected chi connectivity index (χ4v) is 8.24. The zero-order valence-electron chi connectivity index (χ0n) is 18.9. The van der Waals surface area contributed by atoms with E-state index in [1.165, 1.54) is 64.2 Å². The lowest BCUT2D eigenvalue weighted by Crippen LogP contribution is -2.50. The Morgan fingerprint density at radius 1 is 1.07 bits per heavy atom. The lowest BCUT2D eigenvalue weighted by atomic mass is 9.47. The third-order valence-electron chi connectivity index (χ3n) is 9.99. The van der Waals surface area contributed by atoms with E-state index in [0.29, 0.717) is 10.8 Å². The largest absolute Gasteiger partial charge is 0.252 e. The van der Waals surface area contributed by atoms with Crippen LogP contribution in [0.1, 0.15) is 105 Å². The zero-order chi connectivity index (χ0) is 19.9. The third-order valence-corrected chi connectivity index (χ3v) is 9.99. The highest BCUT2D eigenvalue weighted by molar-refractivity contribution is 5.25. The molecule has 4 rings (SSSR count). The van der Waals surface area contributed by atoms with Crippen LogP contribution in [0.5, 0.6) is 0 Å². The molecule has 0 amide bonds. The van der Waals surface area contributed by atoms with Gasteiger partial charge in [0.1, 0.15) is 0 Å². The molecule has 0 saturated heterocycles. The smallest absolute Gasteiger partial charge is 0.0964 e. The summed E-state index contributed by atoms with van der Waals surface area (Å²) in [6, 6.07) is 0. The Kier molecular flexibility index (Phi) is 6.02. The third kappa shape index (κ3) is 3.51. The van der Waals surface area contributed by atoms with E-state index in [4.69, 9.17) is 4.89 Å². The summed E-state index contributed by atoms with van der Waals surface area (Å²) in [5.41, 5.74) is 2.58. The Hall–Kier alpha value is -0.340. The Labute approximate surface area is 173 Å². The van der Waals surface area contributed by atoms with E-state index in [1.807, 2.05) is 0 Å². The summed E-state index contributed by atoms with van der Waals surface area (Å²) in [4.78, 5) is 4.74. The zero-order valence-corrected chi connectivity index (χ0v) is 18.9. The van der Waals surface area contributed by atoms with Crippen LogP contribution in [-0.2, 0) is 4.89 Å². The van der Waals surface area contributed by atoms with Gasteiger partial charge in [0.15, 0.2) is 0 Å². The van der Waals surface area contributed by atoms with Crippen molar-refractivity contribution in [3.8, 4) is 0 Å². The minimum Gasteiger partial charge on any atom is -0.252 e. The molecule has 4 aliphatic rings. The van der Waals surface area contributed by atoms with Crippen molar-refractivity contribution in [3.63, 3.8) is 0 Å². The van der Waals surface area contributed by atoms with Gasteiger partial charge in [0.25, 0.3) is 0 Å². The Morgan fingerprint density at radius 2 is 1.89 bits per heavy atom. The van der Waals surface area contributed by atoms with Gasteiger partial charge in [0.05, 0.1) is 6.10 Å². The molecule has 3 saturated carbocycles. The molecule has 0 aliphatic heterocycles. The van der Waals surface area contributed by atoms with Gasteiger partial charge in [0, 0.05) is 0 Å². The molecular formula is C26H44O2. The van der Waals surface area contributed by atoms with Crippen molar-refractivity contribution >= 4 is 0 Å². The second-order valence-corrected chi connectivity index (χ2v) is 11.7. The first-order chi connectivity index (χ1) is 13.4. The number of hydrogen-bond donors (Lipinski definition) is 1. The predicted molar refractivity (Wildman–Crippen MR) is 116 cm³/mol. The molecule has 160 valence electrons. The van der Waals surface area contributed by atoms with Gasteiger partial charge in [0.2, 0.25) is 0 Å². The number of unbranched alkanes of at least 4 members (excludes halogenated alkanes) is 1. The fourth-order valence-electron chi connectivity index (χ4n) is 8.24. The predicted octanol–water partition coefficient (Wildman–Crippen LogP) is 7.64. The molecule has 0 aromatic heterocycles. The SMILES string of the molecule is CC(C)CCCCC1CCC2C3CC=C4CC(OO)CCC4(C)C3CCC12C. The van der Waals surface area contributed by atoms with E-state index < -0.39 is 0 Å². The molecule has 2 nitrogen and oxygen atoms in total. The van der Waals surface area contributed by atoms with Gasteiger partial charge in [-0.05, 0) is 98.2 Å². The first-order valence-corrected chi connectivity index (χ1v) is 12.4. The van der Waals surface area contributed by atoms with Crippen molar-refractivity contribution in [2.45, 2.75) is 111 Å². The molecule has 4 aliphatic carbocycles. The van der Waals surface area contributed by atoms with Gasteiger partial charge in [-0.15, -0.1) is 0 Å². The maximum atomic E-state index is 9.18. The lowest BCUT2D eigenvalue weighted by Gasteiger charge is -2.58. The van der Waals surface area contributed by atoms with E-state index in [0.717, 1.165) is 42.4 Å². The summed E-state index contributed by atoms with van der Waals surface area (Å²) in [6.45, 7) is 9.94. The van der Waals surface area contributed by atoms with Crippen LogP contribution in [0.15, 0.2) is 11.6 Å². The van der Waals surface area contributed by atoms with Crippen molar-refractivity contribution in [2.75, 3.05) is 0 Å². The molecule has 0 radical (unpaired) electrons. The maximum Gasteiger partial charge on any atom is 0.0964 e. The van der Waals surface area contributed by atoms with Crippen LogP contribution in [0.25, 0.3) is 0 Å². The van der Waals surface area contributed by atoms with Crippen molar-refractivity contribution in [2.24, 2.45) is 40.4 Å². The van der Waals surface area contributed by atoms with Gasteiger partial charge in [-0.3, -0.25) is 5.26 Å². The van der Waals surface area contributed by atoms with Gasteiger partial charge in [-0.2, -0.15) is 0 Å². The molecule has 7 atom stereocenters. The number of rotatable bonds is 6. The Bertz CT molecular complexity index is 581. The van der Waals surface area contributed by atoms with E-state index in [2.05, 4.69) is 33.8 Å². The molecule has 0 aromatic rings. The molecule has 7 unspecified atom stereocenters. The van der Waals surface area contributed by atoms with Crippen LogP contribution in [0.3, 0.4) is 0 Å². The van der Waals surface area contributed by atoms with Gasteiger partial charge >= 0.3 is 0 Å². The normalized spacial score (nSPS) is 45.4. The topological polar surface area (TPSA) is 29.5 Å². The van der Waals surface area contributed by atoms with Crippen molar-refractivity contribution in [1.29, 1.82) is 0 Å². The van der Waals surface area contributed by atoms with E-state index >= 15 is 0 Å². The van der Waals surface area contributed by atoms with E-state index in [-0.39, 0.29) is 6.10 Å². The second kappa shape index (κ2) is 8.06. The summed E-state index contributed by atoms with van der Waals surface area (Å²) in [5.74, 6) is 4.55.